The highest BCUT2D eigenvalue weighted by Gasteiger charge is 2.45. The Morgan fingerprint density at radius 2 is 1.89 bits per heavy atom. The van der Waals surface area contributed by atoms with E-state index in [0.29, 0.717) is 46.3 Å². The molecule has 2 N–H and O–H groups in total. The fourth-order valence-corrected chi connectivity index (χ4v) is 5.49. The molecule has 0 fully saturated rings. The summed E-state index contributed by atoms with van der Waals surface area (Å²) >= 11 is 6.69. The molecule has 0 aromatic heterocycles. The van der Waals surface area contributed by atoms with Gasteiger partial charge in [-0.1, -0.05) is 62.7 Å². The van der Waals surface area contributed by atoms with E-state index in [0.717, 1.165) is 11.3 Å². The normalized spacial score (nSPS) is 19.3. The minimum atomic E-state index is -1.00. The number of anilines is 2. The number of benzene rings is 3. The van der Waals surface area contributed by atoms with Crippen molar-refractivity contribution in [1.82, 2.24) is 0 Å². The second-order valence-corrected chi connectivity index (χ2v) is 10.4. The second kappa shape index (κ2) is 8.61. The average molecular weight is 491 g/mol. The number of fused-ring (bicyclic) bond motifs is 2. The highest BCUT2D eigenvalue weighted by Crippen LogP contribution is 2.47. The van der Waals surface area contributed by atoms with Gasteiger partial charge in [0.2, 0.25) is 0 Å². The topological polar surface area (TPSA) is 78.9 Å². The Balaban J connectivity index is 1.72. The molecule has 180 valence electrons. The fourth-order valence-electron chi connectivity index (χ4n) is 5.03. The largest absolute Gasteiger partial charge is 0.490 e. The third kappa shape index (κ3) is 4.02. The number of carbonyl (C=O) groups excluding carboxylic acids is 1. The molecule has 0 saturated heterocycles. The zero-order chi connectivity index (χ0) is 24.9. The number of halogens is 1. The van der Waals surface area contributed by atoms with Crippen LogP contribution < -0.4 is 15.0 Å². The molecule has 0 bridgehead atoms. The van der Waals surface area contributed by atoms with Crippen LogP contribution in [0.25, 0.3) is 0 Å². The third-order valence-electron chi connectivity index (χ3n) is 6.66. The molecule has 3 aromatic carbocycles. The summed E-state index contributed by atoms with van der Waals surface area (Å²) in [7, 11) is 0. The highest BCUT2D eigenvalue weighted by molar-refractivity contribution is 6.32. The number of carboxylic acid groups (broad SMARTS) is 1. The number of amides is 1. The predicted molar refractivity (Wildman–Crippen MR) is 137 cm³/mol. The summed E-state index contributed by atoms with van der Waals surface area (Å²) < 4.78 is 5.71. The summed E-state index contributed by atoms with van der Waals surface area (Å²) in [6.45, 7) is 7.42. The Kier molecular flexibility index (Phi) is 5.72. The molecule has 0 spiro atoms. The number of ether oxygens (including phenoxy) is 1. The molecule has 0 radical (unpaired) electrons. The van der Waals surface area contributed by atoms with E-state index < -0.39 is 17.9 Å². The molecule has 2 aliphatic rings. The van der Waals surface area contributed by atoms with Gasteiger partial charge in [-0.15, -0.1) is 0 Å². The van der Waals surface area contributed by atoms with E-state index in [1.807, 2.05) is 30.3 Å². The second-order valence-electron chi connectivity index (χ2n) is 9.97. The monoisotopic (exact) mass is 490 g/mol. The summed E-state index contributed by atoms with van der Waals surface area (Å²) in [5.41, 5.74) is 3.70. The number of rotatable bonds is 3. The maximum Gasteiger partial charge on any atom is 0.313 e. The lowest BCUT2D eigenvalue weighted by atomic mass is 9.79. The first-order valence-corrected chi connectivity index (χ1v) is 12.0. The molecule has 5 rings (SSSR count). The van der Waals surface area contributed by atoms with Crippen LogP contribution in [-0.4, -0.2) is 30.1 Å². The Morgan fingerprint density at radius 3 is 2.60 bits per heavy atom. The van der Waals surface area contributed by atoms with Gasteiger partial charge in [-0.05, 0) is 52.4 Å². The highest BCUT2D eigenvalue weighted by atomic mass is 35.5. The van der Waals surface area contributed by atoms with Crippen LogP contribution in [0.15, 0.2) is 60.7 Å². The molecule has 2 atom stereocenters. The SMILES string of the molecule is CC(C)(C)c1ccc(N2C(=O)c3ccccc3[C@H](C(=O)O)[C@H]2c2ccc3c(c2)NCCO3)cc1Cl. The van der Waals surface area contributed by atoms with E-state index in [2.05, 4.69) is 26.1 Å². The van der Waals surface area contributed by atoms with E-state index in [1.54, 1.807) is 35.2 Å². The zero-order valence-corrected chi connectivity index (χ0v) is 20.6. The van der Waals surface area contributed by atoms with Crippen LogP contribution in [0.4, 0.5) is 11.4 Å². The minimum absolute atomic E-state index is 0.179. The standard InChI is InChI=1S/C28H27ClN2O4/c1-28(2,3)20-10-9-17(15-21(20)29)31-25(16-8-11-23-22(14-16)30-12-13-35-23)24(27(33)34)18-6-4-5-7-19(18)26(31)32/h4-11,14-15,24-25,30H,12-13H2,1-3H3,(H,33,34)/t24-,25+/m0/s1. The van der Waals surface area contributed by atoms with Crippen LogP contribution in [0.3, 0.4) is 0 Å². The van der Waals surface area contributed by atoms with Crippen molar-refractivity contribution in [3.8, 4) is 5.75 Å². The van der Waals surface area contributed by atoms with Gasteiger partial charge >= 0.3 is 5.97 Å². The predicted octanol–water partition coefficient (Wildman–Crippen LogP) is 6.01. The first kappa shape index (κ1) is 23.2. The lowest BCUT2D eigenvalue weighted by Gasteiger charge is -2.41. The van der Waals surface area contributed by atoms with Gasteiger partial charge < -0.3 is 15.2 Å². The third-order valence-corrected chi connectivity index (χ3v) is 6.98. The van der Waals surface area contributed by atoms with E-state index in [4.69, 9.17) is 16.3 Å². The molecule has 7 heteroatoms. The van der Waals surface area contributed by atoms with Crippen molar-refractivity contribution in [2.45, 2.75) is 38.1 Å². The number of carboxylic acids is 1. The molecule has 0 unspecified atom stereocenters. The molecule has 2 heterocycles. The Hall–Kier alpha value is -3.51. The molecule has 0 saturated carbocycles. The quantitative estimate of drug-likeness (QED) is 0.470. The Labute approximate surface area is 209 Å². The van der Waals surface area contributed by atoms with Crippen LogP contribution in [-0.2, 0) is 10.2 Å². The lowest BCUT2D eigenvalue weighted by Crippen LogP contribution is -2.45. The van der Waals surface area contributed by atoms with Crippen molar-refractivity contribution in [1.29, 1.82) is 0 Å². The first-order valence-electron chi connectivity index (χ1n) is 11.6. The minimum Gasteiger partial charge on any atom is -0.490 e. The van der Waals surface area contributed by atoms with Crippen LogP contribution in [0.2, 0.25) is 5.02 Å². The number of nitrogens with one attached hydrogen (secondary N) is 1. The van der Waals surface area contributed by atoms with Crippen molar-refractivity contribution in [3.05, 3.63) is 87.9 Å². The van der Waals surface area contributed by atoms with Crippen molar-refractivity contribution in [2.75, 3.05) is 23.4 Å². The van der Waals surface area contributed by atoms with Gasteiger partial charge in [0, 0.05) is 22.8 Å². The zero-order valence-electron chi connectivity index (χ0n) is 19.8. The van der Waals surface area contributed by atoms with Gasteiger partial charge in [-0.3, -0.25) is 14.5 Å². The smallest absolute Gasteiger partial charge is 0.313 e. The molecular formula is C28H27ClN2O4. The van der Waals surface area contributed by atoms with Crippen LogP contribution in [0.5, 0.6) is 5.75 Å². The summed E-state index contributed by atoms with van der Waals surface area (Å²) in [4.78, 5) is 28.2. The van der Waals surface area contributed by atoms with Crippen molar-refractivity contribution in [3.63, 3.8) is 0 Å². The number of carbonyl (C=O) groups is 2. The van der Waals surface area contributed by atoms with Gasteiger partial charge in [0.1, 0.15) is 18.3 Å². The van der Waals surface area contributed by atoms with Gasteiger partial charge in [0.25, 0.3) is 5.91 Å². The number of aliphatic carboxylic acids is 1. The molecule has 3 aromatic rings. The molecule has 35 heavy (non-hydrogen) atoms. The molecule has 0 aliphatic carbocycles. The summed E-state index contributed by atoms with van der Waals surface area (Å²) in [6.07, 6.45) is 0. The Morgan fingerprint density at radius 1 is 1.11 bits per heavy atom. The van der Waals surface area contributed by atoms with Crippen molar-refractivity contribution >= 4 is 34.9 Å². The average Bonchev–Trinajstić information content (AvgIpc) is 2.82. The summed E-state index contributed by atoms with van der Waals surface area (Å²) in [5.74, 6) is -1.52. The van der Waals surface area contributed by atoms with Crippen molar-refractivity contribution in [2.24, 2.45) is 0 Å². The van der Waals surface area contributed by atoms with Gasteiger partial charge in [-0.25, -0.2) is 0 Å². The summed E-state index contributed by atoms with van der Waals surface area (Å²) in [5, 5.41) is 14.2. The lowest BCUT2D eigenvalue weighted by molar-refractivity contribution is -0.139. The maximum absolute atomic E-state index is 13.9. The van der Waals surface area contributed by atoms with E-state index >= 15 is 0 Å². The molecule has 2 aliphatic heterocycles. The van der Waals surface area contributed by atoms with Gasteiger partial charge in [-0.2, -0.15) is 0 Å². The van der Waals surface area contributed by atoms with E-state index in [9.17, 15) is 14.7 Å². The van der Waals surface area contributed by atoms with Gasteiger partial charge in [0.15, 0.2) is 0 Å². The number of nitrogens with zero attached hydrogens (tertiary/aromatic N) is 1. The van der Waals surface area contributed by atoms with Crippen molar-refractivity contribution < 1.29 is 19.4 Å². The molecule has 1 amide bonds. The first-order chi connectivity index (χ1) is 16.7. The van der Waals surface area contributed by atoms with E-state index in [1.165, 1.54) is 0 Å². The summed E-state index contributed by atoms with van der Waals surface area (Å²) in [6, 6.07) is 17.2. The number of hydrogen-bond acceptors (Lipinski definition) is 4. The Bertz CT molecular complexity index is 1330. The molecular weight excluding hydrogens is 464 g/mol. The van der Waals surface area contributed by atoms with Crippen LogP contribution in [0.1, 0.15) is 59.8 Å². The fraction of sp³-hybridized carbons (Fsp3) is 0.286. The molecule has 6 nitrogen and oxygen atoms in total. The van der Waals surface area contributed by atoms with Crippen LogP contribution in [0, 0.1) is 0 Å². The number of hydrogen-bond donors (Lipinski definition) is 2. The van der Waals surface area contributed by atoms with E-state index in [-0.39, 0.29) is 11.3 Å². The maximum atomic E-state index is 13.9. The van der Waals surface area contributed by atoms with Crippen LogP contribution >= 0.6 is 11.6 Å². The van der Waals surface area contributed by atoms with Gasteiger partial charge in [0.05, 0.1) is 11.7 Å².